The number of rotatable bonds is 0. The smallest absolute Gasteiger partial charge is 0.0871 e. The monoisotopic (exact) mass is 310 g/mol. The van der Waals surface area contributed by atoms with E-state index >= 15 is 0 Å². The molecule has 2 aromatic carbocycles. The quantitative estimate of drug-likeness (QED) is 0.459. The maximum absolute atomic E-state index is 4.56. The molecule has 0 aliphatic rings. The summed E-state index contributed by atoms with van der Waals surface area (Å²) in [4.78, 5) is 4.56. The third-order valence-corrected chi connectivity index (χ3v) is 4.17. The number of aromatic nitrogens is 2. The Morgan fingerprint density at radius 1 is 1.00 bits per heavy atom. The third kappa shape index (κ3) is 1.45. The van der Waals surface area contributed by atoms with Crippen LogP contribution in [-0.2, 0) is 0 Å². The molecule has 92 valence electrons. The van der Waals surface area contributed by atoms with Crippen molar-refractivity contribution in [2.75, 3.05) is 0 Å². The zero-order chi connectivity index (χ0) is 13.0. The molecule has 3 heteroatoms. The molecule has 0 atom stereocenters. The Balaban J connectivity index is 2.38. The van der Waals surface area contributed by atoms with Gasteiger partial charge in [-0.15, -0.1) is 0 Å². The molecule has 2 heterocycles. The molecule has 2 nitrogen and oxygen atoms in total. The van der Waals surface area contributed by atoms with E-state index in [1.54, 1.807) is 0 Å². The van der Waals surface area contributed by atoms with E-state index in [1.165, 1.54) is 22.0 Å². The fourth-order valence-corrected chi connectivity index (χ4v) is 3.10. The molecule has 0 amide bonds. The van der Waals surface area contributed by atoms with Gasteiger partial charge in [0.1, 0.15) is 0 Å². The highest BCUT2D eigenvalue weighted by molar-refractivity contribution is 9.10. The van der Waals surface area contributed by atoms with Crippen LogP contribution in [0.2, 0.25) is 0 Å². The van der Waals surface area contributed by atoms with Crippen LogP contribution in [0.25, 0.3) is 27.5 Å². The summed E-state index contributed by atoms with van der Waals surface area (Å²) in [6.07, 6.45) is 1.96. The Bertz CT molecular complexity index is 938. The first-order valence-corrected chi connectivity index (χ1v) is 6.99. The predicted octanol–water partition coefficient (Wildman–Crippen LogP) is 4.71. The maximum Gasteiger partial charge on any atom is 0.0871 e. The lowest BCUT2D eigenvalue weighted by atomic mass is 10.2. The molecule has 0 aliphatic carbocycles. The van der Waals surface area contributed by atoms with Crippen molar-refractivity contribution in [3.05, 3.63) is 58.7 Å². The molecule has 0 N–H and O–H groups in total. The van der Waals surface area contributed by atoms with Gasteiger partial charge in [-0.1, -0.05) is 34.1 Å². The number of hydrogen-bond acceptors (Lipinski definition) is 1. The summed E-state index contributed by atoms with van der Waals surface area (Å²) >= 11 is 3.55. The lowest BCUT2D eigenvalue weighted by molar-refractivity contribution is 1.26. The number of benzene rings is 2. The first-order valence-electron chi connectivity index (χ1n) is 6.20. The maximum atomic E-state index is 4.56. The molecule has 0 bridgehead atoms. The van der Waals surface area contributed by atoms with E-state index in [0.29, 0.717) is 0 Å². The molecule has 4 rings (SSSR count). The standard InChI is InChI=1S/C16H11BrN2/c1-10-12-4-2-3-5-14(12)19-15-8-11(17)6-7-13(15)18-9-16(10)19/h2-9H,1H3. The summed E-state index contributed by atoms with van der Waals surface area (Å²) in [6, 6.07) is 14.7. The average molecular weight is 311 g/mol. The van der Waals surface area contributed by atoms with Crippen molar-refractivity contribution in [2.24, 2.45) is 0 Å². The molecule has 0 radical (unpaired) electrons. The molecule has 0 unspecified atom stereocenters. The minimum absolute atomic E-state index is 1.01. The fourth-order valence-electron chi connectivity index (χ4n) is 2.75. The second kappa shape index (κ2) is 3.81. The van der Waals surface area contributed by atoms with Crippen molar-refractivity contribution >= 4 is 43.4 Å². The summed E-state index contributed by atoms with van der Waals surface area (Å²) in [5.74, 6) is 0. The Morgan fingerprint density at radius 3 is 2.74 bits per heavy atom. The van der Waals surface area contributed by atoms with Crippen LogP contribution in [0.5, 0.6) is 0 Å². The van der Waals surface area contributed by atoms with Crippen molar-refractivity contribution < 1.29 is 0 Å². The van der Waals surface area contributed by atoms with Gasteiger partial charge in [-0.3, -0.25) is 4.98 Å². The van der Waals surface area contributed by atoms with Crippen molar-refractivity contribution in [1.29, 1.82) is 0 Å². The van der Waals surface area contributed by atoms with Crippen LogP contribution in [0.15, 0.2) is 53.1 Å². The average Bonchev–Trinajstić information content (AvgIpc) is 2.73. The van der Waals surface area contributed by atoms with Crippen molar-refractivity contribution in [3.8, 4) is 0 Å². The Labute approximate surface area is 118 Å². The summed E-state index contributed by atoms with van der Waals surface area (Å²) in [5, 5.41) is 1.29. The summed E-state index contributed by atoms with van der Waals surface area (Å²) in [7, 11) is 0. The molecule has 0 saturated heterocycles. The molecule has 2 aromatic heterocycles. The van der Waals surface area contributed by atoms with Crippen molar-refractivity contribution in [2.45, 2.75) is 6.92 Å². The van der Waals surface area contributed by atoms with E-state index in [4.69, 9.17) is 0 Å². The summed E-state index contributed by atoms with van der Waals surface area (Å²) in [5.41, 5.74) is 5.84. The number of halogens is 1. The van der Waals surface area contributed by atoms with E-state index in [0.717, 1.165) is 15.5 Å². The van der Waals surface area contributed by atoms with Crippen molar-refractivity contribution in [3.63, 3.8) is 0 Å². The van der Waals surface area contributed by atoms with Gasteiger partial charge in [0.05, 0.1) is 28.3 Å². The molecule has 4 aromatic rings. The van der Waals surface area contributed by atoms with Crippen LogP contribution in [-0.4, -0.2) is 9.38 Å². The van der Waals surface area contributed by atoms with E-state index in [1.807, 2.05) is 18.3 Å². The second-order valence-electron chi connectivity index (χ2n) is 4.75. The highest BCUT2D eigenvalue weighted by Crippen LogP contribution is 2.29. The third-order valence-electron chi connectivity index (χ3n) is 3.68. The van der Waals surface area contributed by atoms with Gasteiger partial charge in [-0.2, -0.15) is 0 Å². The van der Waals surface area contributed by atoms with Crippen LogP contribution in [0.1, 0.15) is 5.56 Å². The molecule has 0 aliphatic heterocycles. The highest BCUT2D eigenvalue weighted by atomic mass is 79.9. The number of nitrogens with zero attached hydrogens (tertiary/aromatic N) is 2. The molecule has 19 heavy (non-hydrogen) atoms. The Kier molecular flexibility index (Phi) is 2.21. The summed E-state index contributed by atoms with van der Waals surface area (Å²) < 4.78 is 3.36. The van der Waals surface area contributed by atoms with Gasteiger partial charge in [-0.25, -0.2) is 0 Å². The van der Waals surface area contributed by atoms with Crippen LogP contribution in [0.3, 0.4) is 0 Å². The molecule has 0 saturated carbocycles. The lowest BCUT2D eigenvalue weighted by Gasteiger charge is -2.04. The number of hydrogen-bond donors (Lipinski definition) is 0. The first-order chi connectivity index (χ1) is 9.25. The number of fused-ring (bicyclic) bond motifs is 5. The van der Waals surface area contributed by atoms with Gasteiger partial charge >= 0.3 is 0 Å². The minimum atomic E-state index is 1.01. The van der Waals surface area contributed by atoms with E-state index in [9.17, 15) is 0 Å². The topological polar surface area (TPSA) is 17.3 Å². The number of para-hydroxylation sites is 1. The highest BCUT2D eigenvalue weighted by Gasteiger charge is 2.10. The SMILES string of the molecule is Cc1c2ccccc2n2c1cnc1ccc(Br)cc12. The largest absolute Gasteiger partial charge is 0.306 e. The first kappa shape index (κ1) is 11.0. The molecule has 0 spiro atoms. The van der Waals surface area contributed by atoms with E-state index in [-0.39, 0.29) is 0 Å². The zero-order valence-electron chi connectivity index (χ0n) is 10.4. The van der Waals surface area contributed by atoms with Crippen LogP contribution < -0.4 is 0 Å². The Hall–Kier alpha value is -1.87. The lowest BCUT2D eigenvalue weighted by Crippen LogP contribution is -1.90. The molecule has 0 fully saturated rings. The number of aryl methyl sites for hydroxylation is 1. The van der Waals surface area contributed by atoms with Gasteiger partial charge in [-0.05, 0) is 36.8 Å². The van der Waals surface area contributed by atoms with E-state index in [2.05, 4.69) is 62.6 Å². The van der Waals surface area contributed by atoms with Gasteiger partial charge < -0.3 is 4.40 Å². The Morgan fingerprint density at radius 2 is 1.84 bits per heavy atom. The van der Waals surface area contributed by atoms with Gasteiger partial charge in [0.15, 0.2) is 0 Å². The van der Waals surface area contributed by atoms with Gasteiger partial charge in [0, 0.05) is 9.86 Å². The molecular formula is C16H11BrN2. The van der Waals surface area contributed by atoms with Gasteiger partial charge in [0.25, 0.3) is 0 Å². The molecular weight excluding hydrogens is 300 g/mol. The van der Waals surface area contributed by atoms with Crippen molar-refractivity contribution in [1.82, 2.24) is 9.38 Å². The predicted molar refractivity (Wildman–Crippen MR) is 82.6 cm³/mol. The van der Waals surface area contributed by atoms with E-state index < -0.39 is 0 Å². The minimum Gasteiger partial charge on any atom is -0.306 e. The second-order valence-corrected chi connectivity index (χ2v) is 5.67. The van der Waals surface area contributed by atoms with Crippen LogP contribution in [0, 0.1) is 6.92 Å². The summed E-state index contributed by atoms with van der Waals surface area (Å²) in [6.45, 7) is 2.16. The normalized spacial score (nSPS) is 11.7. The van der Waals surface area contributed by atoms with Gasteiger partial charge in [0.2, 0.25) is 0 Å². The zero-order valence-corrected chi connectivity index (χ0v) is 12.0. The fraction of sp³-hybridized carbons (Fsp3) is 0.0625. The van der Waals surface area contributed by atoms with Crippen LogP contribution >= 0.6 is 15.9 Å². The van der Waals surface area contributed by atoms with Crippen LogP contribution in [0.4, 0.5) is 0 Å².